The summed E-state index contributed by atoms with van der Waals surface area (Å²) >= 11 is 0. The van der Waals surface area contributed by atoms with Crippen LogP contribution in [0.5, 0.6) is 0 Å². The molecule has 5 heteroatoms. The molecule has 1 aromatic carbocycles. The highest BCUT2D eigenvalue weighted by molar-refractivity contribution is 5.49. The van der Waals surface area contributed by atoms with Crippen molar-refractivity contribution in [1.29, 1.82) is 0 Å². The molecule has 0 saturated heterocycles. The Bertz CT molecular complexity index is 369. The van der Waals surface area contributed by atoms with Gasteiger partial charge in [0, 0.05) is 17.8 Å². The fourth-order valence-electron chi connectivity index (χ4n) is 1.73. The van der Waals surface area contributed by atoms with Crippen LogP contribution in [0.2, 0.25) is 0 Å². The summed E-state index contributed by atoms with van der Waals surface area (Å²) in [4.78, 5) is 1.32. The first-order chi connectivity index (χ1) is 8.20. The Balaban J connectivity index is 2.93. The SMILES string of the molecule is CC(C)N(CC(F)(F)F)c1ccc([C@H](C)N)cc1. The Morgan fingerprint density at radius 3 is 1.94 bits per heavy atom. The minimum absolute atomic E-state index is 0.117. The summed E-state index contributed by atoms with van der Waals surface area (Å²) in [7, 11) is 0. The first kappa shape index (κ1) is 14.8. The van der Waals surface area contributed by atoms with Gasteiger partial charge in [0.25, 0.3) is 0 Å². The van der Waals surface area contributed by atoms with Gasteiger partial charge in [0.2, 0.25) is 0 Å². The van der Waals surface area contributed by atoms with Crippen molar-refractivity contribution in [2.24, 2.45) is 5.73 Å². The third-order valence-corrected chi connectivity index (χ3v) is 2.72. The molecular formula is C13H19F3N2. The normalized spacial score (nSPS) is 13.8. The number of rotatable bonds is 4. The molecule has 2 N–H and O–H groups in total. The molecule has 0 heterocycles. The zero-order valence-corrected chi connectivity index (χ0v) is 10.8. The number of benzene rings is 1. The van der Waals surface area contributed by atoms with Gasteiger partial charge in [-0.1, -0.05) is 12.1 Å². The fourth-order valence-corrected chi connectivity index (χ4v) is 1.73. The molecule has 18 heavy (non-hydrogen) atoms. The Labute approximate surface area is 106 Å². The quantitative estimate of drug-likeness (QED) is 0.898. The maximum Gasteiger partial charge on any atom is 0.405 e. The van der Waals surface area contributed by atoms with E-state index in [9.17, 15) is 13.2 Å². The van der Waals surface area contributed by atoms with Gasteiger partial charge in [-0.25, -0.2) is 0 Å². The molecule has 0 spiro atoms. The van der Waals surface area contributed by atoms with Gasteiger partial charge < -0.3 is 10.6 Å². The summed E-state index contributed by atoms with van der Waals surface area (Å²) in [6.45, 7) is 4.38. The third kappa shape index (κ3) is 4.22. The predicted octanol–water partition coefficient (Wildman–Crippen LogP) is 3.48. The van der Waals surface area contributed by atoms with Crippen LogP contribution < -0.4 is 10.6 Å². The van der Waals surface area contributed by atoms with Crippen LogP contribution in [0.4, 0.5) is 18.9 Å². The number of nitrogens with two attached hydrogens (primary N) is 1. The molecule has 0 aliphatic carbocycles. The number of halogens is 3. The van der Waals surface area contributed by atoms with Gasteiger partial charge >= 0.3 is 6.18 Å². The zero-order valence-electron chi connectivity index (χ0n) is 10.8. The maximum absolute atomic E-state index is 12.5. The number of alkyl halides is 3. The van der Waals surface area contributed by atoms with Crippen LogP contribution >= 0.6 is 0 Å². The number of hydrogen-bond acceptors (Lipinski definition) is 2. The number of anilines is 1. The lowest BCUT2D eigenvalue weighted by atomic mass is 10.1. The zero-order chi connectivity index (χ0) is 13.9. The lowest BCUT2D eigenvalue weighted by Crippen LogP contribution is -2.39. The summed E-state index contributed by atoms with van der Waals surface area (Å²) in [6.07, 6.45) is -4.20. The second-order valence-electron chi connectivity index (χ2n) is 4.72. The monoisotopic (exact) mass is 260 g/mol. The van der Waals surface area contributed by atoms with Crippen LogP contribution in [-0.4, -0.2) is 18.8 Å². The fraction of sp³-hybridized carbons (Fsp3) is 0.538. The van der Waals surface area contributed by atoms with Crippen LogP contribution in [-0.2, 0) is 0 Å². The Kier molecular flexibility index (Phi) is 4.62. The minimum atomic E-state index is -4.20. The van der Waals surface area contributed by atoms with Gasteiger partial charge in [-0.05, 0) is 38.5 Å². The van der Waals surface area contributed by atoms with Crippen molar-refractivity contribution >= 4 is 5.69 Å². The van der Waals surface area contributed by atoms with Crippen LogP contribution in [0.3, 0.4) is 0 Å². The molecule has 0 aromatic heterocycles. The van der Waals surface area contributed by atoms with E-state index in [1.807, 2.05) is 6.92 Å². The molecule has 1 rings (SSSR count). The first-order valence-corrected chi connectivity index (χ1v) is 5.89. The second kappa shape index (κ2) is 5.61. The van der Waals surface area contributed by atoms with Crippen molar-refractivity contribution in [2.75, 3.05) is 11.4 Å². The molecule has 0 fully saturated rings. The average Bonchev–Trinajstić information content (AvgIpc) is 2.24. The lowest BCUT2D eigenvalue weighted by Gasteiger charge is -2.30. The largest absolute Gasteiger partial charge is 0.405 e. The Morgan fingerprint density at radius 2 is 1.61 bits per heavy atom. The molecule has 0 unspecified atom stereocenters. The van der Waals surface area contributed by atoms with Crippen molar-refractivity contribution in [2.45, 2.75) is 39.0 Å². The van der Waals surface area contributed by atoms with Crippen molar-refractivity contribution in [1.82, 2.24) is 0 Å². The molecular weight excluding hydrogens is 241 g/mol. The van der Waals surface area contributed by atoms with Crippen molar-refractivity contribution in [3.63, 3.8) is 0 Å². The van der Waals surface area contributed by atoms with Crippen molar-refractivity contribution < 1.29 is 13.2 Å². The van der Waals surface area contributed by atoms with Crippen LogP contribution in [0, 0.1) is 0 Å². The van der Waals surface area contributed by atoms with E-state index in [4.69, 9.17) is 5.73 Å². The number of hydrogen-bond donors (Lipinski definition) is 1. The second-order valence-corrected chi connectivity index (χ2v) is 4.72. The standard InChI is InChI=1S/C13H19F3N2/c1-9(2)18(8-13(14,15)16)12-6-4-11(5-7-12)10(3)17/h4-7,9-10H,8,17H2,1-3H3/t10-/m0/s1. The molecule has 1 atom stereocenters. The van der Waals surface area contributed by atoms with E-state index in [1.165, 1.54) is 4.90 Å². The van der Waals surface area contributed by atoms with Crippen LogP contribution in [0.1, 0.15) is 32.4 Å². The van der Waals surface area contributed by atoms with Crippen molar-refractivity contribution in [3.05, 3.63) is 29.8 Å². The van der Waals surface area contributed by atoms with E-state index in [0.717, 1.165) is 5.56 Å². The molecule has 0 bridgehead atoms. The molecule has 0 aliphatic rings. The average molecular weight is 260 g/mol. The summed E-state index contributed by atoms with van der Waals surface area (Å²) in [6, 6.07) is 6.58. The smallest absolute Gasteiger partial charge is 0.360 e. The van der Waals surface area contributed by atoms with E-state index < -0.39 is 12.7 Å². The van der Waals surface area contributed by atoms with E-state index in [2.05, 4.69) is 0 Å². The van der Waals surface area contributed by atoms with Gasteiger partial charge in [0.1, 0.15) is 6.54 Å². The topological polar surface area (TPSA) is 29.3 Å². The van der Waals surface area contributed by atoms with Crippen LogP contribution in [0.15, 0.2) is 24.3 Å². The molecule has 1 aromatic rings. The molecule has 2 nitrogen and oxygen atoms in total. The summed E-state index contributed by atoms with van der Waals surface area (Å²) in [5, 5.41) is 0. The Morgan fingerprint density at radius 1 is 1.11 bits per heavy atom. The molecule has 102 valence electrons. The molecule has 0 aliphatic heterocycles. The van der Waals surface area contributed by atoms with Gasteiger partial charge in [0.15, 0.2) is 0 Å². The van der Waals surface area contributed by atoms with E-state index in [0.29, 0.717) is 5.69 Å². The predicted molar refractivity (Wildman–Crippen MR) is 67.6 cm³/mol. The minimum Gasteiger partial charge on any atom is -0.360 e. The highest BCUT2D eigenvalue weighted by Crippen LogP contribution is 2.25. The van der Waals surface area contributed by atoms with E-state index in [-0.39, 0.29) is 12.1 Å². The van der Waals surface area contributed by atoms with E-state index in [1.54, 1.807) is 38.1 Å². The van der Waals surface area contributed by atoms with E-state index >= 15 is 0 Å². The summed E-state index contributed by atoms with van der Waals surface area (Å²) in [5.41, 5.74) is 7.18. The highest BCUT2D eigenvalue weighted by atomic mass is 19.4. The molecule has 0 radical (unpaired) electrons. The van der Waals surface area contributed by atoms with Gasteiger partial charge in [-0.3, -0.25) is 0 Å². The summed E-state index contributed by atoms with van der Waals surface area (Å²) in [5.74, 6) is 0. The highest BCUT2D eigenvalue weighted by Gasteiger charge is 2.31. The lowest BCUT2D eigenvalue weighted by molar-refractivity contribution is -0.120. The maximum atomic E-state index is 12.5. The van der Waals surface area contributed by atoms with Gasteiger partial charge in [-0.2, -0.15) is 13.2 Å². The molecule has 0 amide bonds. The number of nitrogens with zero attached hydrogens (tertiary/aromatic N) is 1. The van der Waals surface area contributed by atoms with Crippen molar-refractivity contribution in [3.8, 4) is 0 Å². The molecule has 0 saturated carbocycles. The van der Waals surface area contributed by atoms with Crippen LogP contribution in [0.25, 0.3) is 0 Å². The van der Waals surface area contributed by atoms with Gasteiger partial charge in [0.05, 0.1) is 0 Å². The summed E-state index contributed by atoms with van der Waals surface area (Å²) < 4.78 is 37.5. The first-order valence-electron chi connectivity index (χ1n) is 5.89. The van der Waals surface area contributed by atoms with Gasteiger partial charge in [-0.15, -0.1) is 0 Å². The Hall–Kier alpha value is -1.23. The third-order valence-electron chi connectivity index (χ3n) is 2.72.